The van der Waals surface area contributed by atoms with Gasteiger partial charge in [-0.15, -0.1) is 11.3 Å². The van der Waals surface area contributed by atoms with Crippen LogP contribution in [0.5, 0.6) is 0 Å². The summed E-state index contributed by atoms with van der Waals surface area (Å²) in [5, 5.41) is 2.94. The lowest BCUT2D eigenvalue weighted by atomic mass is 10.1. The molecule has 0 unspecified atom stereocenters. The summed E-state index contributed by atoms with van der Waals surface area (Å²) in [6.07, 6.45) is 4.91. The van der Waals surface area contributed by atoms with Crippen molar-refractivity contribution >= 4 is 33.0 Å². The molecule has 0 bridgehead atoms. The highest BCUT2D eigenvalue weighted by atomic mass is 32.2. The van der Waals surface area contributed by atoms with Gasteiger partial charge in [0, 0.05) is 38.8 Å². The van der Waals surface area contributed by atoms with E-state index in [-0.39, 0.29) is 6.10 Å². The summed E-state index contributed by atoms with van der Waals surface area (Å²) in [7, 11) is 0.0484. The number of hydrogen-bond acceptors (Lipinski definition) is 7. The van der Waals surface area contributed by atoms with Gasteiger partial charge in [-0.3, -0.25) is 8.98 Å². The number of aromatic nitrogens is 1. The summed E-state index contributed by atoms with van der Waals surface area (Å²) in [5.74, 6) is 0. The third-order valence-corrected chi connectivity index (χ3v) is 4.11. The minimum absolute atomic E-state index is 0.175. The quantitative estimate of drug-likeness (QED) is 0.598. The maximum atomic E-state index is 11.0. The van der Waals surface area contributed by atoms with E-state index in [1.54, 1.807) is 31.6 Å². The van der Waals surface area contributed by atoms with Crippen molar-refractivity contribution in [1.29, 1.82) is 0 Å². The van der Waals surface area contributed by atoms with Crippen LogP contribution in [0.1, 0.15) is 12.8 Å². The zero-order valence-electron chi connectivity index (χ0n) is 12.4. The van der Waals surface area contributed by atoms with E-state index in [0.717, 1.165) is 43.7 Å². The van der Waals surface area contributed by atoms with Crippen molar-refractivity contribution in [3.05, 3.63) is 11.6 Å². The van der Waals surface area contributed by atoms with Crippen LogP contribution in [0.3, 0.4) is 0 Å². The van der Waals surface area contributed by atoms with Crippen LogP contribution in [0, 0.1) is 0 Å². The molecule has 0 aliphatic carbocycles. The second-order valence-electron chi connectivity index (χ2n) is 4.87. The van der Waals surface area contributed by atoms with E-state index in [1.165, 1.54) is 4.90 Å². The van der Waals surface area contributed by atoms with Gasteiger partial charge in [-0.05, 0) is 12.8 Å². The molecule has 2 rings (SSSR count). The number of thiazole rings is 1. The number of nitrogens with zero attached hydrogens (tertiary/aromatic N) is 3. The molecule has 0 aromatic carbocycles. The maximum absolute atomic E-state index is 11.0. The van der Waals surface area contributed by atoms with Crippen LogP contribution < -0.4 is 4.90 Å². The van der Waals surface area contributed by atoms with Gasteiger partial charge in [-0.2, -0.15) is 8.42 Å². The van der Waals surface area contributed by atoms with Crippen molar-refractivity contribution in [3.8, 4) is 0 Å². The minimum Gasteiger partial charge on any atom is -0.351 e. The van der Waals surface area contributed by atoms with Crippen LogP contribution in [0.2, 0.25) is 0 Å². The molecule has 1 aromatic heterocycles. The lowest BCUT2D eigenvalue weighted by molar-refractivity contribution is -0.115. The van der Waals surface area contributed by atoms with Gasteiger partial charge < -0.3 is 9.80 Å². The van der Waals surface area contributed by atoms with Gasteiger partial charge in [0.15, 0.2) is 5.13 Å². The lowest BCUT2D eigenvalue weighted by Crippen LogP contribution is -2.37. The fourth-order valence-electron chi connectivity index (χ4n) is 1.76. The lowest BCUT2D eigenvalue weighted by Gasteiger charge is -2.30. The monoisotopic (exact) mass is 335 g/mol. The van der Waals surface area contributed by atoms with E-state index in [1.807, 2.05) is 5.38 Å². The van der Waals surface area contributed by atoms with Crippen molar-refractivity contribution in [3.63, 3.8) is 0 Å². The Morgan fingerprint density at radius 1 is 1.43 bits per heavy atom. The van der Waals surface area contributed by atoms with E-state index in [2.05, 4.69) is 9.88 Å². The summed E-state index contributed by atoms with van der Waals surface area (Å²) in [6.45, 7) is 1.60. The molecule has 1 fully saturated rings. The Kier molecular flexibility index (Phi) is 7.06. The summed E-state index contributed by atoms with van der Waals surface area (Å²) >= 11 is 1.60. The van der Waals surface area contributed by atoms with Gasteiger partial charge in [-0.25, -0.2) is 4.98 Å². The van der Waals surface area contributed by atoms with Crippen molar-refractivity contribution in [2.45, 2.75) is 18.9 Å². The van der Waals surface area contributed by atoms with E-state index in [0.29, 0.717) is 0 Å². The Bertz CT molecular complexity index is 509. The van der Waals surface area contributed by atoms with Crippen LogP contribution in [0.25, 0.3) is 0 Å². The Morgan fingerprint density at radius 2 is 2.00 bits per heavy atom. The molecule has 1 amide bonds. The fraction of sp³-hybridized carbons (Fsp3) is 0.667. The zero-order chi connectivity index (χ0) is 15.9. The van der Waals surface area contributed by atoms with Crippen LogP contribution in [-0.4, -0.2) is 64.3 Å². The van der Waals surface area contributed by atoms with Crippen molar-refractivity contribution in [2.75, 3.05) is 38.3 Å². The largest absolute Gasteiger partial charge is 0.351 e. The Balaban J connectivity index is 0.000000383. The molecule has 120 valence electrons. The predicted octanol–water partition coefficient (Wildman–Crippen LogP) is 0.792. The molecule has 0 saturated carbocycles. The normalized spacial score (nSPS) is 16.0. The van der Waals surface area contributed by atoms with Gasteiger partial charge >= 0.3 is 0 Å². The zero-order valence-corrected chi connectivity index (χ0v) is 14.1. The number of hydrogen-bond donors (Lipinski definition) is 0. The van der Waals surface area contributed by atoms with Gasteiger partial charge in [0.05, 0.1) is 12.4 Å². The van der Waals surface area contributed by atoms with Crippen LogP contribution in [0.15, 0.2) is 11.6 Å². The smallest absolute Gasteiger partial charge is 0.264 e. The fourth-order valence-corrected chi connectivity index (χ4v) is 3.15. The highest BCUT2D eigenvalue weighted by Crippen LogP contribution is 2.23. The summed E-state index contributed by atoms with van der Waals surface area (Å²) in [5.41, 5.74) is 0. The highest BCUT2D eigenvalue weighted by Gasteiger charge is 2.23. The Labute approximate surface area is 129 Å². The average Bonchev–Trinajstić information content (AvgIpc) is 2.92. The minimum atomic E-state index is -3.33. The van der Waals surface area contributed by atoms with E-state index >= 15 is 0 Å². The third kappa shape index (κ3) is 7.39. The molecule has 9 heteroatoms. The second-order valence-corrected chi connectivity index (χ2v) is 7.34. The number of carbonyl (C=O) groups is 1. The molecule has 21 heavy (non-hydrogen) atoms. The number of piperidine rings is 1. The predicted molar refractivity (Wildman–Crippen MR) is 83.0 cm³/mol. The molecular weight excluding hydrogens is 314 g/mol. The maximum Gasteiger partial charge on any atom is 0.264 e. The second kappa shape index (κ2) is 8.30. The average molecular weight is 335 g/mol. The first-order valence-corrected chi connectivity index (χ1v) is 9.16. The number of amides is 1. The number of carbonyl (C=O) groups excluding carboxylic acids is 1. The molecule has 0 N–H and O–H groups in total. The van der Waals surface area contributed by atoms with Crippen LogP contribution in [0.4, 0.5) is 5.13 Å². The van der Waals surface area contributed by atoms with E-state index in [4.69, 9.17) is 4.18 Å². The molecule has 1 aliphatic heterocycles. The van der Waals surface area contributed by atoms with Gasteiger partial charge in [0.25, 0.3) is 10.1 Å². The topological polar surface area (TPSA) is 79.8 Å². The van der Waals surface area contributed by atoms with Gasteiger partial charge in [-0.1, -0.05) is 0 Å². The van der Waals surface area contributed by atoms with E-state index in [9.17, 15) is 13.2 Å². The summed E-state index contributed by atoms with van der Waals surface area (Å²) in [4.78, 5) is 17.3. The molecule has 7 nitrogen and oxygen atoms in total. The molecular formula is C12H21N3O4S2. The van der Waals surface area contributed by atoms with E-state index < -0.39 is 10.1 Å². The standard InChI is InChI=1S/C9H14N2O3S2.C3H7NO/c1-16(12,13)14-8-2-5-11(6-3-8)9-10-4-7-15-9;1-4(2)3-5/h4,7-8H,2-3,5-6H2,1H3;3H,1-2H3. The highest BCUT2D eigenvalue weighted by molar-refractivity contribution is 7.86. The van der Waals surface area contributed by atoms with Crippen LogP contribution in [-0.2, 0) is 19.1 Å². The van der Waals surface area contributed by atoms with Gasteiger partial charge in [0.1, 0.15) is 0 Å². The first kappa shape index (κ1) is 17.9. The van der Waals surface area contributed by atoms with Crippen molar-refractivity contribution < 1.29 is 17.4 Å². The molecule has 0 radical (unpaired) electrons. The SMILES string of the molecule is CN(C)C=O.CS(=O)(=O)OC1CCN(c2nccs2)CC1. The molecule has 1 aromatic rings. The third-order valence-electron chi connectivity index (χ3n) is 2.65. The van der Waals surface area contributed by atoms with Gasteiger partial charge in [0.2, 0.25) is 6.41 Å². The van der Waals surface area contributed by atoms with Crippen LogP contribution >= 0.6 is 11.3 Å². The summed E-state index contributed by atoms with van der Waals surface area (Å²) in [6, 6.07) is 0. The first-order chi connectivity index (χ1) is 9.81. The molecule has 0 spiro atoms. The number of anilines is 1. The Morgan fingerprint density at radius 3 is 2.38 bits per heavy atom. The molecule has 1 saturated heterocycles. The Hall–Kier alpha value is -1.19. The number of rotatable bonds is 4. The molecule has 2 heterocycles. The summed E-state index contributed by atoms with van der Waals surface area (Å²) < 4.78 is 26.9. The first-order valence-electron chi connectivity index (χ1n) is 6.46. The molecule has 0 atom stereocenters. The van der Waals surface area contributed by atoms with Crippen molar-refractivity contribution in [2.24, 2.45) is 0 Å². The van der Waals surface area contributed by atoms with Crippen molar-refractivity contribution in [1.82, 2.24) is 9.88 Å². The molecule has 1 aliphatic rings.